The molecule has 2 aromatic rings. The van der Waals surface area contributed by atoms with Crippen molar-refractivity contribution < 1.29 is 9.32 Å². The molecule has 1 unspecified atom stereocenters. The zero-order chi connectivity index (χ0) is 14.7. The largest absolute Gasteiger partial charge is 0.359 e. The second-order valence-electron chi connectivity index (χ2n) is 5.20. The van der Waals surface area contributed by atoms with Crippen molar-refractivity contribution in [2.75, 3.05) is 6.54 Å². The van der Waals surface area contributed by atoms with Gasteiger partial charge < -0.3 is 14.7 Å². The lowest BCUT2D eigenvalue weighted by molar-refractivity contribution is 0.182. The molecule has 3 rings (SSSR count). The fourth-order valence-electron chi connectivity index (χ4n) is 2.62. The normalized spacial score (nSPS) is 18.0. The Bertz CT molecular complexity index is 611. The highest BCUT2D eigenvalue weighted by Crippen LogP contribution is 2.32. The molecule has 6 nitrogen and oxygen atoms in total. The number of pyridine rings is 1. The Morgan fingerprint density at radius 2 is 2.43 bits per heavy atom. The molecular weight excluding hydrogens is 268 g/mol. The molecule has 1 aliphatic rings. The molecule has 1 aliphatic heterocycles. The van der Waals surface area contributed by atoms with Gasteiger partial charge >= 0.3 is 6.03 Å². The van der Waals surface area contributed by atoms with Crippen LogP contribution in [0.5, 0.6) is 0 Å². The molecule has 0 saturated carbocycles. The molecule has 0 radical (unpaired) electrons. The number of hydrogen-bond donors (Lipinski definition) is 1. The molecule has 0 spiro atoms. The predicted octanol–water partition coefficient (Wildman–Crippen LogP) is 2.42. The Kier molecular flexibility index (Phi) is 3.85. The quantitative estimate of drug-likeness (QED) is 0.940. The van der Waals surface area contributed by atoms with Crippen molar-refractivity contribution in [2.45, 2.75) is 32.4 Å². The first-order chi connectivity index (χ1) is 10.2. The summed E-state index contributed by atoms with van der Waals surface area (Å²) < 4.78 is 5.31. The zero-order valence-corrected chi connectivity index (χ0v) is 12.0. The molecule has 0 aliphatic carbocycles. The third kappa shape index (κ3) is 3.04. The highest BCUT2D eigenvalue weighted by atomic mass is 16.5. The number of carbonyl (C=O) groups is 1. The van der Waals surface area contributed by atoms with Crippen molar-refractivity contribution in [1.82, 2.24) is 20.4 Å². The maximum Gasteiger partial charge on any atom is 0.318 e. The molecule has 1 fully saturated rings. The summed E-state index contributed by atoms with van der Waals surface area (Å²) in [6.07, 6.45) is 3.60. The van der Waals surface area contributed by atoms with E-state index in [1.165, 1.54) is 0 Å². The van der Waals surface area contributed by atoms with Crippen molar-refractivity contribution in [1.29, 1.82) is 0 Å². The Balaban J connectivity index is 1.63. The van der Waals surface area contributed by atoms with E-state index in [2.05, 4.69) is 15.5 Å². The number of likely N-dealkylation sites (tertiary alicyclic amines) is 1. The Hall–Kier alpha value is -2.37. The minimum absolute atomic E-state index is 0.0186. The summed E-state index contributed by atoms with van der Waals surface area (Å²) in [5, 5.41) is 6.82. The van der Waals surface area contributed by atoms with Crippen LogP contribution in [0.15, 0.2) is 35.0 Å². The molecule has 6 heteroatoms. The second-order valence-corrected chi connectivity index (χ2v) is 5.20. The zero-order valence-electron chi connectivity index (χ0n) is 12.0. The van der Waals surface area contributed by atoms with Crippen LogP contribution in [-0.2, 0) is 6.54 Å². The lowest BCUT2D eigenvalue weighted by atomic mass is 10.1. The summed E-state index contributed by atoms with van der Waals surface area (Å²) in [4.78, 5) is 18.3. The van der Waals surface area contributed by atoms with Crippen LogP contribution < -0.4 is 5.32 Å². The molecule has 3 heterocycles. The Morgan fingerprint density at radius 1 is 1.52 bits per heavy atom. The lowest BCUT2D eigenvalue weighted by Crippen LogP contribution is -2.39. The van der Waals surface area contributed by atoms with Gasteiger partial charge in [0.2, 0.25) is 0 Å². The van der Waals surface area contributed by atoms with E-state index in [9.17, 15) is 4.79 Å². The molecule has 2 aromatic heterocycles. The number of urea groups is 1. The van der Waals surface area contributed by atoms with E-state index in [0.29, 0.717) is 6.54 Å². The number of amides is 2. The molecule has 1 saturated heterocycles. The van der Waals surface area contributed by atoms with Gasteiger partial charge in [0.15, 0.2) is 5.76 Å². The summed E-state index contributed by atoms with van der Waals surface area (Å²) in [7, 11) is 0. The number of nitrogens with one attached hydrogen (secondary N) is 1. The van der Waals surface area contributed by atoms with Gasteiger partial charge in [-0.25, -0.2) is 4.79 Å². The van der Waals surface area contributed by atoms with E-state index in [0.717, 1.165) is 36.5 Å². The summed E-state index contributed by atoms with van der Waals surface area (Å²) in [5.41, 5.74) is 1.68. The van der Waals surface area contributed by atoms with E-state index in [-0.39, 0.29) is 12.1 Å². The first-order valence-corrected chi connectivity index (χ1v) is 7.11. The molecule has 1 atom stereocenters. The number of aromatic nitrogens is 2. The number of carbonyl (C=O) groups excluding carboxylic acids is 1. The summed E-state index contributed by atoms with van der Waals surface area (Å²) in [5.74, 6) is 0.762. The van der Waals surface area contributed by atoms with Gasteiger partial charge in [-0.05, 0) is 31.9 Å². The summed E-state index contributed by atoms with van der Waals surface area (Å²) >= 11 is 0. The van der Waals surface area contributed by atoms with Gasteiger partial charge in [-0.3, -0.25) is 4.98 Å². The summed E-state index contributed by atoms with van der Waals surface area (Å²) in [6, 6.07) is 7.45. The first-order valence-electron chi connectivity index (χ1n) is 7.11. The van der Waals surface area contributed by atoms with Crippen LogP contribution in [-0.4, -0.2) is 27.6 Å². The minimum atomic E-state index is -0.0859. The lowest BCUT2D eigenvalue weighted by Gasteiger charge is -2.22. The van der Waals surface area contributed by atoms with Gasteiger partial charge in [-0.2, -0.15) is 0 Å². The fourth-order valence-corrected chi connectivity index (χ4v) is 2.62. The monoisotopic (exact) mass is 286 g/mol. The van der Waals surface area contributed by atoms with Crippen molar-refractivity contribution in [3.8, 4) is 0 Å². The SMILES string of the molecule is Cc1cc(C2CCCN2C(=O)NCc2ccccn2)on1. The van der Waals surface area contributed by atoms with Gasteiger partial charge in [-0.15, -0.1) is 0 Å². The van der Waals surface area contributed by atoms with Crippen LogP contribution in [0.4, 0.5) is 4.79 Å². The molecular formula is C15H18N4O2. The van der Waals surface area contributed by atoms with Crippen molar-refractivity contribution in [2.24, 2.45) is 0 Å². The molecule has 0 bridgehead atoms. The van der Waals surface area contributed by atoms with Crippen molar-refractivity contribution in [3.63, 3.8) is 0 Å². The molecule has 0 aromatic carbocycles. The van der Waals surface area contributed by atoms with Crippen LogP contribution in [0.25, 0.3) is 0 Å². The third-order valence-electron chi connectivity index (χ3n) is 3.64. The average molecular weight is 286 g/mol. The van der Waals surface area contributed by atoms with Gasteiger partial charge in [0.05, 0.1) is 24.0 Å². The molecule has 1 N–H and O–H groups in total. The number of hydrogen-bond acceptors (Lipinski definition) is 4. The molecule has 21 heavy (non-hydrogen) atoms. The van der Waals surface area contributed by atoms with Crippen LogP contribution in [0.2, 0.25) is 0 Å². The Labute approximate surface area is 123 Å². The first kappa shape index (κ1) is 13.6. The van der Waals surface area contributed by atoms with Gasteiger partial charge in [0.25, 0.3) is 0 Å². The molecule has 110 valence electrons. The summed E-state index contributed by atoms with van der Waals surface area (Å²) in [6.45, 7) is 3.05. The van der Waals surface area contributed by atoms with Crippen molar-refractivity contribution >= 4 is 6.03 Å². The van der Waals surface area contributed by atoms with E-state index >= 15 is 0 Å². The maximum atomic E-state index is 12.3. The van der Waals surface area contributed by atoms with Crippen LogP contribution in [0.3, 0.4) is 0 Å². The Morgan fingerprint density at radius 3 is 3.14 bits per heavy atom. The van der Waals surface area contributed by atoms with Gasteiger partial charge in [0.1, 0.15) is 0 Å². The smallest absolute Gasteiger partial charge is 0.318 e. The van der Waals surface area contributed by atoms with Crippen LogP contribution in [0.1, 0.15) is 36.0 Å². The maximum absolute atomic E-state index is 12.3. The molecule has 2 amide bonds. The average Bonchev–Trinajstić information content (AvgIpc) is 3.14. The predicted molar refractivity (Wildman–Crippen MR) is 76.4 cm³/mol. The van der Waals surface area contributed by atoms with Gasteiger partial charge in [0, 0.05) is 18.8 Å². The van der Waals surface area contributed by atoms with E-state index in [1.807, 2.05) is 36.1 Å². The standard InChI is InChI=1S/C15H18N4O2/c1-11-9-14(21-18-11)13-6-4-8-19(13)15(20)17-10-12-5-2-3-7-16-12/h2-3,5,7,9,13H,4,6,8,10H2,1H3,(H,17,20). The fraction of sp³-hybridized carbons (Fsp3) is 0.400. The topological polar surface area (TPSA) is 71.3 Å². The van der Waals surface area contributed by atoms with E-state index in [4.69, 9.17) is 4.52 Å². The second kappa shape index (κ2) is 5.95. The third-order valence-corrected chi connectivity index (χ3v) is 3.64. The van der Waals surface area contributed by atoms with E-state index in [1.54, 1.807) is 6.20 Å². The number of rotatable bonds is 3. The highest BCUT2D eigenvalue weighted by molar-refractivity contribution is 5.75. The van der Waals surface area contributed by atoms with Crippen molar-refractivity contribution in [3.05, 3.63) is 47.6 Å². The number of aryl methyl sites for hydroxylation is 1. The van der Waals surface area contributed by atoms with E-state index < -0.39 is 0 Å². The minimum Gasteiger partial charge on any atom is -0.359 e. The highest BCUT2D eigenvalue weighted by Gasteiger charge is 2.32. The van der Waals surface area contributed by atoms with Gasteiger partial charge in [-0.1, -0.05) is 11.2 Å². The number of nitrogens with zero attached hydrogens (tertiary/aromatic N) is 3. The van der Waals surface area contributed by atoms with Crippen LogP contribution >= 0.6 is 0 Å². The van der Waals surface area contributed by atoms with Crippen LogP contribution in [0, 0.1) is 6.92 Å².